The molecular weight excluding hydrogens is 507 g/mol. The van der Waals surface area contributed by atoms with Gasteiger partial charge in [0.15, 0.2) is 11.7 Å². The van der Waals surface area contributed by atoms with Gasteiger partial charge in [-0.25, -0.2) is 4.99 Å². The number of aromatic nitrogens is 1. The highest BCUT2D eigenvalue weighted by molar-refractivity contribution is 14.0. The molecule has 2 heterocycles. The summed E-state index contributed by atoms with van der Waals surface area (Å²) < 4.78 is 17.2. The Bertz CT molecular complexity index is 832. The van der Waals surface area contributed by atoms with Gasteiger partial charge in [0, 0.05) is 24.8 Å². The zero-order chi connectivity index (χ0) is 21.3. The Balaban J connectivity index is 0.00000341. The first-order valence-corrected chi connectivity index (χ1v) is 10.9. The van der Waals surface area contributed by atoms with Gasteiger partial charge in [-0.2, -0.15) is 0 Å². The lowest BCUT2D eigenvalue weighted by molar-refractivity contribution is 0.0676. The molecule has 31 heavy (non-hydrogen) atoms. The maximum atomic E-state index is 6.09. The van der Waals surface area contributed by atoms with E-state index in [0.717, 1.165) is 54.7 Å². The number of rotatable bonds is 9. The molecule has 2 aromatic rings. The van der Waals surface area contributed by atoms with E-state index in [-0.39, 0.29) is 30.1 Å². The van der Waals surface area contributed by atoms with E-state index < -0.39 is 0 Å². The van der Waals surface area contributed by atoms with Gasteiger partial charge in [0.05, 0.1) is 24.9 Å². The summed E-state index contributed by atoms with van der Waals surface area (Å²) in [6.07, 6.45) is 2.37. The number of hydrogen-bond donors (Lipinski definition) is 2. The van der Waals surface area contributed by atoms with Crippen molar-refractivity contribution in [3.63, 3.8) is 0 Å². The number of guanidine groups is 1. The van der Waals surface area contributed by atoms with E-state index in [4.69, 9.17) is 19.0 Å². The van der Waals surface area contributed by atoms with E-state index in [1.165, 1.54) is 5.56 Å². The Hall–Kier alpha value is -1.81. The average Bonchev–Trinajstić information content (AvgIpc) is 3.41. The van der Waals surface area contributed by atoms with E-state index in [9.17, 15) is 0 Å². The Morgan fingerprint density at radius 1 is 1.29 bits per heavy atom. The zero-order valence-electron chi connectivity index (χ0n) is 18.9. The van der Waals surface area contributed by atoms with Gasteiger partial charge >= 0.3 is 0 Å². The minimum absolute atomic E-state index is 0. The van der Waals surface area contributed by atoms with Crippen molar-refractivity contribution in [1.82, 2.24) is 15.8 Å². The van der Waals surface area contributed by atoms with Gasteiger partial charge in [0.25, 0.3) is 0 Å². The molecule has 1 saturated heterocycles. The third-order valence-corrected chi connectivity index (χ3v) is 5.02. The summed E-state index contributed by atoms with van der Waals surface area (Å²) >= 11 is 0. The molecule has 0 bridgehead atoms. The van der Waals surface area contributed by atoms with Crippen LogP contribution in [0.1, 0.15) is 62.1 Å². The Morgan fingerprint density at radius 2 is 2.13 bits per heavy atom. The first-order chi connectivity index (χ1) is 14.5. The molecule has 0 radical (unpaired) electrons. The second kappa shape index (κ2) is 12.9. The summed E-state index contributed by atoms with van der Waals surface area (Å²) in [7, 11) is 0. The van der Waals surface area contributed by atoms with Crippen LogP contribution in [0, 0.1) is 6.92 Å². The molecule has 1 fully saturated rings. The van der Waals surface area contributed by atoms with Crippen molar-refractivity contribution >= 4 is 29.9 Å². The topological polar surface area (TPSA) is 80.9 Å². The van der Waals surface area contributed by atoms with Crippen molar-refractivity contribution in [2.45, 2.75) is 65.6 Å². The maximum Gasteiger partial charge on any atom is 0.191 e. The van der Waals surface area contributed by atoms with Gasteiger partial charge in [-0.3, -0.25) is 0 Å². The second-order valence-corrected chi connectivity index (χ2v) is 7.98. The number of nitrogens with zero attached hydrogens (tertiary/aromatic N) is 2. The van der Waals surface area contributed by atoms with E-state index in [1.807, 2.05) is 13.0 Å². The molecule has 1 unspecified atom stereocenters. The highest BCUT2D eigenvalue weighted by atomic mass is 127. The SMILES string of the molecule is CCNC(=NCc1ccc(C)cc1OCC1CCCO1)NCc1cc(C(C)C)no1.I. The van der Waals surface area contributed by atoms with Crippen LogP contribution in [0.3, 0.4) is 0 Å². The number of aliphatic imine (C=N–C) groups is 1. The average molecular weight is 542 g/mol. The van der Waals surface area contributed by atoms with Crippen LogP contribution in [0.5, 0.6) is 5.75 Å². The molecule has 2 N–H and O–H groups in total. The van der Waals surface area contributed by atoms with Gasteiger partial charge in [0.2, 0.25) is 0 Å². The molecule has 172 valence electrons. The number of ether oxygens (including phenoxy) is 2. The fourth-order valence-electron chi connectivity index (χ4n) is 3.25. The Labute approximate surface area is 202 Å². The minimum atomic E-state index is 0. The standard InChI is InChI=1S/C23H34N4O3.HI/c1-5-24-23(26-14-20-12-21(16(2)3)27-30-20)25-13-18-9-8-17(4)11-22(18)29-15-19-7-6-10-28-19;/h8-9,11-12,16,19H,5-7,10,13-15H2,1-4H3,(H2,24,25,26);1H. The lowest BCUT2D eigenvalue weighted by atomic mass is 10.1. The fraction of sp³-hybridized carbons (Fsp3) is 0.565. The molecule has 0 aliphatic carbocycles. The van der Waals surface area contributed by atoms with Crippen molar-refractivity contribution in [2.75, 3.05) is 19.8 Å². The van der Waals surface area contributed by atoms with Crippen molar-refractivity contribution < 1.29 is 14.0 Å². The second-order valence-electron chi connectivity index (χ2n) is 7.98. The smallest absolute Gasteiger partial charge is 0.191 e. The third kappa shape index (κ3) is 7.99. The number of benzene rings is 1. The predicted molar refractivity (Wildman–Crippen MR) is 133 cm³/mol. The lowest BCUT2D eigenvalue weighted by Gasteiger charge is -2.15. The maximum absolute atomic E-state index is 6.09. The van der Waals surface area contributed by atoms with Crippen LogP contribution in [0.25, 0.3) is 0 Å². The van der Waals surface area contributed by atoms with Crippen molar-refractivity contribution in [2.24, 2.45) is 4.99 Å². The molecule has 8 heteroatoms. The summed E-state index contributed by atoms with van der Waals surface area (Å²) in [6, 6.07) is 8.23. The van der Waals surface area contributed by atoms with Crippen LogP contribution in [0.2, 0.25) is 0 Å². The summed E-state index contributed by atoms with van der Waals surface area (Å²) in [6.45, 7) is 11.6. The van der Waals surface area contributed by atoms with E-state index >= 15 is 0 Å². The van der Waals surface area contributed by atoms with Crippen LogP contribution < -0.4 is 15.4 Å². The summed E-state index contributed by atoms with van der Waals surface area (Å²) in [5.74, 6) is 2.74. The van der Waals surface area contributed by atoms with Crippen molar-refractivity contribution in [3.8, 4) is 5.75 Å². The molecule has 1 atom stereocenters. The highest BCUT2D eigenvalue weighted by Gasteiger charge is 2.17. The summed E-state index contributed by atoms with van der Waals surface area (Å²) in [5.41, 5.74) is 3.18. The predicted octanol–water partition coefficient (Wildman–Crippen LogP) is 4.54. The Morgan fingerprint density at radius 3 is 2.81 bits per heavy atom. The first kappa shape index (κ1) is 25.5. The van der Waals surface area contributed by atoms with E-state index in [2.05, 4.69) is 54.8 Å². The van der Waals surface area contributed by atoms with Crippen LogP contribution in [0.15, 0.2) is 33.8 Å². The molecule has 3 rings (SSSR count). The van der Waals surface area contributed by atoms with Gasteiger partial charge in [-0.05, 0) is 44.2 Å². The van der Waals surface area contributed by atoms with Gasteiger partial charge in [0.1, 0.15) is 12.4 Å². The van der Waals surface area contributed by atoms with E-state index in [1.54, 1.807) is 0 Å². The number of nitrogens with one attached hydrogen (secondary N) is 2. The molecule has 0 amide bonds. The van der Waals surface area contributed by atoms with Crippen LogP contribution in [-0.2, 0) is 17.8 Å². The molecule has 0 saturated carbocycles. The first-order valence-electron chi connectivity index (χ1n) is 10.9. The largest absolute Gasteiger partial charge is 0.491 e. The lowest BCUT2D eigenvalue weighted by Crippen LogP contribution is -2.36. The van der Waals surface area contributed by atoms with Gasteiger partial charge < -0.3 is 24.6 Å². The molecule has 1 aliphatic rings. The third-order valence-electron chi connectivity index (χ3n) is 5.02. The molecule has 7 nitrogen and oxygen atoms in total. The quantitative estimate of drug-likeness (QED) is 0.275. The number of halogens is 1. The monoisotopic (exact) mass is 542 g/mol. The Kier molecular flexibility index (Phi) is 10.6. The van der Waals surface area contributed by atoms with Crippen molar-refractivity contribution in [3.05, 3.63) is 46.8 Å². The zero-order valence-corrected chi connectivity index (χ0v) is 21.3. The van der Waals surface area contributed by atoms with Gasteiger partial charge in [-0.15, -0.1) is 24.0 Å². The number of hydrogen-bond acceptors (Lipinski definition) is 5. The molecule has 0 spiro atoms. The summed E-state index contributed by atoms with van der Waals surface area (Å²) in [5, 5.41) is 10.7. The molecular formula is C23H35IN4O3. The van der Waals surface area contributed by atoms with Crippen LogP contribution >= 0.6 is 24.0 Å². The molecule has 1 aliphatic heterocycles. The van der Waals surface area contributed by atoms with Gasteiger partial charge in [-0.1, -0.05) is 31.1 Å². The van der Waals surface area contributed by atoms with Crippen molar-refractivity contribution in [1.29, 1.82) is 0 Å². The fourth-order valence-corrected chi connectivity index (χ4v) is 3.25. The van der Waals surface area contributed by atoms with Crippen LogP contribution in [-0.4, -0.2) is 37.0 Å². The van der Waals surface area contributed by atoms with Crippen LogP contribution in [0.4, 0.5) is 0 Å². The molecule has 1 aromatic carbocycles. The van der Waals surface area contributed by atoms with E-state index in [0.29, 0.717) is 25.6 Å². The normalized spacial score (nSPS) is 16.3. The number of aryl methyl sites for hydroxylation is 1. The minimum Gasteiger partial charge on any atom is -0.491 e. The highest BCUT2D eigenvalue weighted by Crippen LogP contribution is 2.23. The molecule has 1 aromatic heterocycles. The summed E-state index contributed by atoms with van der Waals surface area (Å²) in [4.78, 5) is 4.73.